The predicted molar refractivity (Wildman–Crippen MR) is 105 cm³/mol. The Kier molecular flexibility index (Phi) is 4.79. The molecule has 4 aromatic rings. The van der Waals surface area contributed by atoms with Crippen molar-refractivity contribution < 1.29 is 13.6 Å². The fraction of sp³-hybridized carbons (Fsp3) is 0.174. The Labute approximate surface area is 157 Å². The van der Waals surface area contributed by atoms with E-state index in [1.54, 1.807) is 18.4 Å². The molecule has 136 valence electrons. The third-order valence-corrected chi connectivity index (χ3v) is 4.55. The molecular formula is C23H20O4. The highest BCUT2D eigenvalue weighted by atomic mass is 16.5. The first kappa shape index (κ1) is 17.2. The Hall–Kier alpha value is -3.27. The van der Waals surface area contributed by atoms with Crippen LogP contribution < -0.4 is 10.2 Å². The molecule has 0 spiro atoms. The molecule has 0 aliphatic rings. The second-order valence-electron chi connectivity index (χ2n) is 6.33. The maximum absolute atomic E-state index is 13.1. The number of hydrogen-bond donors (Lipinski definition) is 0. The van der Waals surface area contributed by atoms with E-state index in [0.717, 1.165) is 17.5 Å². The monoisotopic (exact) mass is 360 g/mol. The van der Waals surface area contributed by atoms with Crippen LogP contribution in [0.1, 0.15) is 18.1 Å². The number of rotatable bonds is 6. The third-order valence-electron chi connectivity index (χ3n) is 4.55. The highest BCUT2D eigenvalue weighted by Gasteiger charge is 2.19. The predicted octanol–water partition coefficient (Wildman–Crippen LogP) is 5.24. The fourth-order valence-electron chi connectivity index (χ4n) is 3.06. The van der Waals surface area contributed by atoms with Crippen molar-refractivity contribution in [3.63, 3.8) is 0 Å². The van der Waals surface area contributed by atoms with Crippen molar-refractivity contribution in [1.82, 2.24) is 0 Å². The van der Waals surface area contributed by atoms with Gasteiger partial charge in [-0.3, -0.25) is 4.79 Å². The zero-order chi connectivity index (χ0) is 18.6. The van der Waals surface area contributed by atoms with Crippen molar-refractivity contribution in [2.45, 2.75) is 19.8 Å². The van der Waals surface area contributed by atoms with Gasteiger partial charge in [-0.2, -0.15) is 0 Å². The van der Waals surface area contributed by atoms with Gasteiger partial charge in [0.15, 0.2) is 5.76 Å². The number of hydrogen-bond acceptors (Lipinski definition) is 4. The summed E-state index contributed by atoms with van der Waals surface area (Å²) >= 11 is 0. The lowest BCUT2D eigenvalue weighted by molar-refractivity contribution is 0.311. The largest absolute Gasteiger partial charge is 0.486 e. The smallest absolute Gasteiger partial charge is 0.235 e. The van der Waals surface area contributed by atoms with Gasteiger partial charge in [-0.05, 0) is 41.8 Å². The van der Waals surface area contributed by atoms with Crippen molar-refractivity contribution in [1.29, 1.82) is 0 Å². The standard InChI is InChI=1S/C23H20O4/c1-2-16-10-11-19-18(15-16)21(24)23(22(27-19)20-9-6-13-25-20)26-14-12-17-7-4-3-5-8-17/h3-11,13,15H,2,12,14H2,1H3. The van der Waals surface area contributed by atoms with E-state index in [0.29, 0.717) is 35.5 Å². The number of furan rings is 1. The first-order valence-electron chi connectivity index (χ1n) is 9.06. The fourth-order valence-corrected chi connectivity index (χ4v) is 3.06. The summed E-state index contributed by atoms with van der Waals surface area (Å²) in [5, 5.41) is 0.527. The topological polar surface area (TPSA) is 52.6 Å². The highest BCUT2D eigenvalue weighted by molar-refractivity contribution is 5.81. The second kappa shape index (κ2) is 7.54. The molecule has 0 aliphatic heterocycles. The van der Waals surface area contributed by atoms with Crippen molar-refractivity contribution in [3.8, 4) is 17.3 Å². The molecular weight excluding hydrogens is 340 g/mol. The van der Waals surface area contributed by atoms with Crippen molar-refractivity contribution in [3.05, 3.63) is 88.3 Å². The molecule has 0 radical (unpaired) electrons. The molecule has 0 unspecified atom stereocenters. The molecule has 0 saturated carbocycles. The van der Waals surface area contributed by atoms with Crippen LogP contribution in [0.4, 0.5) is 0 Å². The molecule has 0 saturated heterocycles. The Bertz CT molecular complexity index is 1090. The van der Waals surface area contributed by atoms with Gasteiger partial charge in [0, 0.05) is 6.42 Å². The molecule has 2 aromatic carbocycles. The number of benzene rings is 2. The van der Waals surface area contributed by atoms with Crippen molar-refractivity contribution in [2.75, 3.05) is 6.61 Å². The number of aryl methyl sites for hydroxylation is 1. The van der Waals surface area contributed by atoms with Gasteiger partial charge in [0.1, 0.15) is 5.58 Å². The van der Waals surface area contributed by atoms with Crippen LogP contribution in [0.2, 0.25) is 0 Å². The van der Waals surface area contributed by atoms with Gasteiger partial charge < -0.3 is 13.6 Å². The summed E-state index contributed by atoms with van der Waals surface area (Å²) in [5.74, 6) is 1.000. The van der Waals surface area contributed by atoms with Gasteiger partial charge in [-0.25, -0.2) is 0 Å². The molecule has 27 heavy (non-hydrogen) atoms. The average Bonchev–Trinajstić information content (AvgIpc) is 3.25. The molecule has 0 bridgehead atoms. The van der Waals surface area contributed by atoms with Crippen LogP contribution in [0.3, 0.4) is 0 Å². The maximum atomic E-state index is 13.1. The van der Waals surface area contributed by atoms with Crippen LogP contribution in [0.15, 0.2) is 80.6 Å². The summed E-state index contributed by atoms with van der Waals surface area (Å²) in [6.07, 6.45) is 3.10. The van der Waals surface area contributed by atoms with Crippen LogP contribution in [0.5, 0.6) is 5.75 Å². The molecule has 4 heteroatoms. The zero-order valence-corrected chi connectivity index (χ0v) is 15.1. The average molecular weight is 360 g/mol. The first-order valence-corrected chi connectivity index (χ1v) is 9.06. The van der Waals surface area contributed by atoms with Crippen molar-refractivity contribution >= 4 is 11.0 Å². The van der Waals surface area contributed by atoms with Gasteiger partial charge in [0.25, 0.3) is 0 Å². The molecule has 0 amide bonds. The molecule has 4 nitrogen and oxygen atoms in total. The van der Waals surface area contributed by atoms with E-state index in [1.807, 2.05) is 48.5 Å². The van der Waals surface area contributed by atoms with Crippen LogP contribution in [0.25, 0.3) is 22.5 Å². The van der Waals surface area contributed by atoms with Crippen LogP contribution >= 0.6 is 0 Å². The minimum Gasteiger partial charge on any atom is -0.486 e. The van der Waals surface area contributed by atoms with E-state index in [4.69, 9.17) is 13.6 Å². The van der Waals surface area contributed by atoms with Crippen LogP contribution in [-0.4, -0.2) is 6.61 Å². The van der Waals surface area contributed by atoms with E-state index in [2.05, 4.69) is 6.92 Å². The van der Waals surface area contributed by atoms with E-state index in [1.165, 1.54) is 0 Å². The molecule has 0 fully saturated rings. The first-order chi connectivity index (χ1) is 13.3. The lowest BCUT2D eigenvalue weighted by Crippen LogP contribution is -2.12. The minimum atomic E-state index is -0.175. The summed E-state index contributed by atoms with van der Waals surface area (Å²) < 4.78 is 17.4. The quantitative estimate of drug-likeness (QED) is 0.472. The molecule has 0 N–H and O–H groups in total. The second-order valence-corrected chi connectivity index (χ2v) is 6.33. The summed E-state index contributed by atoms with van der Waals surface area (Å²) in [6, 6.07) is 19.2. The van der Waals surface area contributed by atoms with Crippen LogP contribution in [-0.2, 0) is 12.8 Å². The van der Waals surface area contributed by atoms with Gasteiger partial charge >= 0.3 is 0 Å². The normalized spacial score (nSPS) is 11.0. The maximum Gasteiger partial charge on any atom is 0.235 e. The molecule has 2 aromatic heterocycles. The zero-order valence-electron chi connectivity index (χ0n) is 15.1. The molecule has 4 rings (SSSR count). The van der Waals surface area contributed by atoms with Gasteiger partial charge in [-0.15, -0.1) is 0 Å². The van der Waals surface area contributed by atoms with Crippen LogP contribution in [0, 0.1) is 0 Å². The molecule has 0 aliphatic carbocycles. The highest BCUT2D eigenvalue weighted by Crippen LogP contribution is 2.31. The van der Waals surface area contributed by atoms with Gasteiger partial charge in [0.2, 0.25) is 16.9 Å². The Morgan fingerprint density at radius 3 is 2.56 bits per heavy atom. The summed E-state index contributed by atoms with van der Waals surface area (Å²) in [7, 11) is 0. The third kappa shape index (κ3) is 3.51. The SMILES string of the molecule is CCc1ccc2oc(-c3ccco3)c(OCCc3ccccc3)c(=O)c2c1. The molecule has 2 heterocycles. The Balaban J connectivity index is 1.74. The lowest BCUT2D eigenvalue weighted by atomic mass is 10.1. The van der Waals surface area contributed by atoms with Crippen molar-refractivity contribution in [2.24, 2.45) is 0 Å². The number of ether oxygens (including phenoxy) is 1. The summed E-state index contributed by atoms with van der Waals surface area (Å²) in [4.78, 5) is 13.1. The molecule has 0 atom stereocenters. The summed E-state index contributed by atoms with van der Waals surface area (Å²) in [5.41, 5.74) is 2.58. The Morgan fingerprint density at radius 1 is 0.963 bits per heavy atom. The van der Waals surface area contributed by atoms with Gasteiger partial charge in [-0.1, -0.05) is 43.3 Å². The van der Waals surface area contributed by atoms with E-state index in [9.17, 15) is 4.79 Å². The van der Waals surface area contributed by atoms with E-state index >= 15 is 0 Å². The minimum absolute atomic E-state index is 0.175. The van der Waals surface area contributed by atoms with E-state index in [-0.39, 0.29) is 11.2 Å². The number of fused-ring (bicyclic) bond motifs is 1. The van der Waals surface area contributed by atoms with E-state index < -0.39 is 0 Å². The summed E-state index contributed by atoms with van der Waals surface area (Å²) in [6.45, 7) is 2.43. The van der Waals surface area contributed by atoms with Gasteiger partial charge in [0.05, 0.1) is 18.3 Å². The lowest BCUT2D eigenvalue weighted by Gasteiger charge is -2.11. The Morgan fingerprint density at radius 2 is 1.81 bits per heavy atom.